The topological polar surface area (TPSA) is 105 Å². The number of hydrogen-bond acceptors (Lipinski definition) is 6. The number of carbonyl (C=O) groups is 2. The van der Waals surface area contributed by atoms with Crippen LogP contribution in [-0.2, 0) is 32.6 Å². The number of aryl methyl sites for hydroxylation is 1. The number of halogens is 1. The van der Waals surface area contributed by atoms with Gasteiger partial charge in [-0.15, -0.1) is 0 Å². The van der Waals surface area contributed by atoms with Gasteiger partial charge in [0.2, 0.25) is 11.8 Å². The molecule has 0 unspecified atom stereocenters. The van der Waals surface area contributed by atoms with Crippen LogP contribution in [0.3, 0.4) is 0 Å². The van der Waals surface area contributed by atoms with Crippen LogP contribution in [0.4, 0.5) is 10.1 Å². The van der Waals surface area contributed by atoms with Crippen LogP contribution in [0.25, 0.3) is 0 Å². The fourth-order valence-corrected chi connectivity index (χ4v) is 7.69. The first-order valence-corrected chi connectivity index (χ1v) is 18.0. The van der Waals surface area contributed by atoms with Crippen LogP contribution in [0.2, 0.25) is 0 Å². The molecule has 6 rings (SSSR count). The van der Waals surface area contributed by atoms with Crippen LogP contribution in [0, 0.1) is 12.7 Å². The van der Waals surface area contributed by atoms with Crippen LogP contribution in [0.5, 0.6) is 11.5 Å². The number of benzene rings is 4. The number of sulfonamides is 1. The Labute approximate surface area is 286 Å². The van der Waals surface area contributed by atoms with Crippen molar-refractivity contribution in [3.63, 3.8) is 0 Å². The molecule has 0 saturated heterocycles. The molecule has 1 aliphatic heterocycles. The number of rotatable bonds is 12. The monoisotopic (exact) mass is 685 g/mol. The molecule has 49 heavy (non-hydrogen) atoms. The van der Waals surface area contributed by atoms with E-state index < -0.39 is 34.3 Å². The average molecular weight is 686 g/mol. The molecule has 0 aromatic heterocycles. The highest BCUT2D eigenvalue weighted by Gasteiger charge is 2.36. The number of nitrogens with one attached hydrogen (secondary N) is 1. The first-order valence-electron chi connectivity index (χ1n) is 16.5. The van der Waals surface area contributed by atoms with E-state index in [4.69, 9.17) is 9.47 Å². The standard InChI is InChI=1S/C38H40FN3O6S/c1-27-11-13-29(14-12-27)25-41(34(23-28-7-3-2-4-8-28)38(44)40-31-9-5-6-10-31)37(43)26-42(32-17-15-30(39)16-18-32)49(45,46)33-19-20-35-36(24-33)48-22-21-47-35/h2-4,7-8,11-20,24,31,34H,5-6,9-10,21-23,25-26H2,1H3,(H,40,44)/t34-/m1/s1. The van der Waals surface area contributed by atoms with Gasteiger partial charge in [0, 0.05) is 25.1 Å². The highest BCUT2D eigenvalue weighted by molar-refractivity contribution is 7.92. The van der Waals surface area contributed by atoms with E-state index in [0.717, 1.165) is 58.8 Å². The van der Waals surface area contributed by atoms with Crippen LogP contribution < -0.4 is 19.1 Å². The summed E-state index contributed by atoms with van der Waals surface area (Å²) in [4.78, 5) is 30.2. The Morgan fingerprint density at radius 1 is 0.857 bits per heavy atom. The van der Waals surface area contributed by atoms with Crippen molar-refractivity contribution in [1.82, 2.24) is 10.2 Å². The zero-order chi connectivity index (χ0) is 34.4. The fraction of sp³-hybridized carbons (Fsp3) is 0.316. The largest absolute Gasteiger partial charge is 0.486 e. The summed E-state index contributed by atoms with van der Waals surface area (Å²) in [5.41, 5.74) is 2.77. The third-order valence-corrected chi connectivity index (χ3v) is 10.7. The number of anilines is 1. The number of carbonyl (C=O) groups excluding carboxylic acids is 2. The molecule has 1 N–H and O–H groups in total. The molecule has 1 saturated carbocycles. The second-order valence-corrected chi connectivity index (χ2v) is 14.4. The lowest BCUT2D eigenvalue weighted by atomic mass is 10.0. The van der Waals surface area contributed by atoms with Gasteiger partial charge in [-0.25, -0.2) is 12.8 Å². The maximum absolute atomic E-state index is 14.7. The van der Waals surface area contributed by atoms with Gasteiger partial charge in [-0.05, 0) is 67.3 Å². The highest BCUT2D eigenvalue weighted by atomic mass is 32.2. The first-order chi connectivity index (χ1) is 23.7. The molecule has 11 heteroatoms. The van der Waals surface area contributed by atoms with Crippen molar-refractivity contribution in [2.24, 2.45) is 0 Å². The molecule has 0 spiro atoms. The van der Waals surface area contributed by atoms with E-state index >= 15 is 0 Å². The van der Waals surface area contributed by atoms with Gasteiger partial charge in [-0.2, -0.15) is 0 Å². The van der Waals surface area contributed by atoms with Gasteiger partial charge in [0.1, 0.15) is 31.6 Å². The van der Waals surface area contributed by atoms with Gasteiger partial charge >= 0.3 is 0 Å². The number of hydrogen-bond donors (Lipinski definition) is 1. The van der Waals surface area contributed by atoms with Gasteiger partial charge in [0.05, 0.1) is 10.6 Å². The molecule has 1 fully saturated rings. The smallest absolute Gasteiger partial charge is 0.264 e. The zero-order valence-corrected chi connectivity index (χ0v) is 28.2. The third-order valence-electron chi connectivity index (χ3n) is 8.94. The van der Waals surface area contributed by atoms with Crippen molar-refractivity contribution in [3.8, 4) is 11.5 Å². The van der Waals surface area contributed by atoms with Gasteiger partial charge in [-0.1, -0.05) is 73.0 Å². The minimum absolute atomic E-state index is 0.00778. The van der Waals surface area contributed by atoms with Crippen molar-refractivity contribution in [3.05, 3.63) is 120 Å². The van der Waals surface area contributed by atoms with Crippen molar-refractivity contribution < 1.29 is 31.9 Å². The first kappa shape index (κ1) is 34.0. The predicted molar refractivity (Wildman–Crippen MR) is 184 cm³/mol. The van der Waals surface area contributed by atoms with Crippen LogP contribution >= 0.6 is 0 Å². The van der Waals surface area contributed by atoms with Gasteiger partial charge in [-0.3, -0.25) is 13.9 Å². The van der Waals surface area contributed by atoms with Crippen LogP contribution in [-0.4, -0.2) is 57.0 Å². The Bertz CT molecular complexity index is 1860. The summed E-state index contributed by atoms with van der Waals surface area (Å²) in [6.07, 6.45) is 3.99. The van der Waals surface area contributed by atoms with Crippen molar-refractivity contribution in [2.45, 2.75) is 62.6 Å². The summed E-state index contributed by atoms with van der Waals surface area (Å²) >= 11 is 0. The molecule has 0 bridgehead atoms. The minimum Gasteiger partial charge on any atom is -0.486 e. The molecular formula is C38H40FN3O6S. The summed E-state index contributed by atoms with van der Waals surface area (Å²) in [5.74, 6) is -0.756. The molecule has 2 amide bonds. The van der Waals surface area contributed by atoms with E-state index in [1.54, 1.807) is 0 Å². The summed E-state index contributed by atoms with van der Waals surface area (Å²) < 4.78 is 55.0. The van der Waals surface area contributed by atoms with E-state index in [1.165, 1.54) is 35.2 Å². The van der Waals surface area contributed by atoms with Crippen LogP contribution in [0.15, 0.2) is 102 Å². The molecular weight excluding hydrogens is 645 g/mol. The normalized spacial score (nSPS) is 15.0. The SMILES string of the molecule is Cc1ccc(CN(C(=O)CN(c2ccc(F)cc2)S(=O)(=O)c2ccc3c(c2)OCCO3)[C@H](Cc2ccccc2)C(=O)NC2CCCC2)cc1. The maximum atomic E-state index is 14.7. The molecule has 1 aliphatic carbocycles. The van der Waals surface area contributed by atoms with Crippen molar-refractivity contribution in [1.29, 1.82) is 0 Å². The number of amides is 2. The predicted octanol–water partition coefficient (Wildman–Crippen LogP) is 5.80. The molecule has 4 aromatic rings. The lowest BCUT2D eigenvalue weighted by molar-refractivity contribution is -0.140. The number of fused-ring (bicyclic) bond motifs is 1. The van der Waals surface area contributed by atoms with Crippen molar-refractivity contribution >= 4 is 27.5 Å². The molecule has 256 valence electrons. The van der Waals surface area contributed by atoms with Crippen molar-refractivity contribution in [2.75, 3.05) is 24.1 Å². The number of nitrogens with zero attached hydrogens (tertiary/aromatic N) is 2. The molecule has 0 radical (unpaired) electrons. The molecule has 2 aliphatic rings. The zero-order valence-electron chi connectivity index (χ0n) is 27.4. The van der Waals surface area contributed by atoms with E-state index in [-0.39, 0.29) is 47.9 Å². The summed E-state index contributed by atoms with van der Waals surface area (Å²) in [5, 5.41) is 3.17. The Morgan fingerprint density at radius 3 is 2.22 bits per heavy atom. The maximum Gasteiger partial charge on any atom is 0.264 e. The molecule has 9 nitrogen and oxygen atoms in total. The summed E-state index contributed by atoms with van der Waals surface area (Å²) in [6, 6.07) is 25.4. The average Bonchev–Trinajstić information content (AvgIpc) is 3.63. The lowest BCUT2D eigenvalue weighted by Crippen LogP contribution is -2.54. The second kappa shape index (κ2) is 15.1. The number of ether oxygens (including phenoxy) is 2. The third kappa shape index (κ3) is 8.22. The molecule has 4 aromatic carbocycles. The van der Waals surface area contributed by atoms with Gasteiger partial charge < -0.3 is 19.7 Å². The minimum atomic E-state index is -4.40. The highest BCUT2D eigenvalue weighted by Crippen LogP contribution is 2.34. The van der Waals surface area contributed by atoms with E-state index in [0.29, 0.717) is 12.4 Å². The van der Waals surface area contributed by atoms with Gasteiger partial charge in [0.25, 0.3) is 10.0 Å². The summed E-state index contributed by atoms with van der Waals surface area (Å²) in [7, 11) is -4.40. The fourth-order valence-electron chi connectivity index (χ4n) is 6.26. The Morgan fingerprint density at radius 2 is 1.53 bits per heavy atom. The van der Waals surface area contributed by atoms with Gasteiger partial charge in [0.15, 0.2) is 11.5 Å². The Hall–Kier alpha value is -4.90. The molecule has 1 atom stereocenters. The molecule has 1 heterocycles. The van der Waals surface area contributed by atoms with E-state index in [2.05, 4.69) is 5.32 Å². The Kier molecular flexibility index (Phi) is 10.5. The lowest BCUT2D eigenvalue weighted by Gasteiger charge is -2.34. The quantitative estimate of drug-likeness (QED) is 0.202. The Balaban J connectivity index is 1.39. The van der Waals surface area contributed by atoms with Crippen LogP contribution in [0.1, 0.15) is 42.4 Å². The van der Waals surface area contributed by atoms with E-state index in [1.807, 2.05) is 61.5 Å². The summed E-state index contributed by atoms with van der Waals surface area (Å²) in [6.45, 7) is 1.98. The van der Waals surface area contributed by atoms with E-state index in [9.17, 15) is 22.4 Å². The second-order valence-electron chi connectivity index (χ2n) is 12.5.